The van der Waals surface area contributed by atoms with Crippen LogP contribution < -0.4 is 15.7 Å². The Balaban J connectivity index is 2.51. The van der Waals surface area contributed by atoms with Crippen LogP contribution in [0, 0.1) is 0 Å². The molecule has 2 aromatic carbocycles. The summed E-state index contributed by atoms with van der Waals surface area (Å²) in [7, 11) is 0. The number of rotatable bonds is 5. The van der Waals surface area contributed by atoms with E-state index in [9.17, 15) is 0 Å². The Hall–Kier alpha value is -0.860. The van der Waals surface area contributed by atoms with E-state index in [2.05, 4.69) is 29.4 Å². The maximum Gasteiger partial charge on any atom is 0.0689 e. The Labute approximate surface area is 125 Å². The molecule has 0 fully saturated rings. The minimum absolute atomic E-state index is 0.112. The van der Waals surface area contributed by atoms with Crippen molar-refractivity contribution in [3.8, 4) is 0 Å². The average molecular weight is 305 g/mol. The van der Waals surface area contributed by atoms with E-state index in [1.165, 1.54) is 10.6 Å². The van der Waals surface area contributed by atoms with Gasteiger partial charge in [0.15, 0.2) is 0 Å². The van der Waals surface area contributed by atoms with Gasteiger partial charge in [-0.1, -0.05) is 84.7 Å². The molecule has 1 unspecified atom stereocenters. The highest BCUT2D eigenvalue weighted by Crippen LogP contribution is 2.39. The minimum atomic E-state index is -2.01. The zero-order valence-electron chi connectivity index (χ0n) is 10.7. The van der Waals surface area contributed by atoms with Crippen LogP contribution in [0.25, 0.3) is 0 Å². The van der Waals surface area contributed by atoms with Gasteiger partial charge in [-0.05, 0) is 12.3 Å². The van der Waals surface area contributed by atoms with Crippen LogP contribution in [-0.2, 0) is 11.8 Å². The molecule has 2 rings (SSSR count). The zero-order valence-corrected chi connectivity index (χ0v) is 13.2. The summed E-state index contributed by atoms with van der Waals surface area (Å²) in [6, 6.07) is 20.6. The molecule has 1 nitrogen and oxygen atoms in total. The van der Waals surface area contributed by atoms with Gasteiger partial charge >= 0.3 is 0 Å². The maximum atomic E-state index is 6.01. The van der Waals surface area contributed by atoms with E-state index in [-0.39, 0.29) is 6.04 Å². The van der Waals surface area contributed by atoms with Gasteiger partial charge in [0.25, 0.3) is 0 Å². The molecular weight excluding hydrogens is 289 g/mol. The topological polar surface area (TPSA) is 12.0 Å². The van der Waals surface area contributed by atoms with Crippen molar-refractivity contribution in [2.75, 3.05) is 0 Å². The van der Waals surface area contributed by atoms with E-state index in [0.29, 0.717) is 0 Å². The number of thiocarbonyl (C=S) groups is 1. The molecule has 0 aliphatic heterocycles. The molecule has 0 heterocycles. The van der Waals surface area contributed by atoms with Crippen LogP contribution >= 0.6 is 18.4 Å². The molecule has 0 bridgehead atoms. The highest BCUT2D eigenvalue weighted by atomic mass is 32.4. The van der Waals surface area contributed by atoms with Crippen LogP contribution in [0.3, 0.4) is 0 Å². The van der Waals surface area contributed by atoms with E-state index < -0.39 is 6.19 Å². The second-order valence-corrected chi connectivity index (χ2v) is 8.76. The van der Waals surface area contributed by atoms with Crippen molar-refractivity contribution in [3.05, 3.63) is 60.7 Å². The lowest BCUT2D eigenvalue weighted by atomic mass is 10.4. The molecule has 1 N–H and O–H groups in total. The normalized spacial score (nSPS) is 12.9. The third kappa shape index (κ3) is 3.37. The first-order chi connectivity index (χ1) is 9.16. The van der Waals surface area contributed by atoms with Gasteiger partial charge in [-0.3, -0.25) is 5.09 Å². The van der Waals surface area contributed by atoms with Crippen molar-refractivity contribution in [2.45, 2.75) is 13.0 Å². The van der Waals surface area contributed by atoms with Gasteiger partial charge in [0.1, 0.15) is 0 Å². The lowest BCUT2D eigenvalue weighted by Gasteiger charge is -2.26. The van der Waals surface area contributed by atoms with Crippen LogP contribution in [-0.4, -0.2) is 11.4 Å². The van der Waals surface area contributed by atoms with Crippen LogP contribution in [0.2, 0.25) is 0 Å². The third-order valence-electron chi connectivity index (χ3n) is 2.83. The predicted molar refractivity (Wildman–Crippen MR) is 92.7 cm³/mol. The van der Waals surface area contributed by atoms with Crippen LogP contribution in [0.1, 0.15) is 6.92 Å². The Kier molecular flexibility index (Phi) is 5.00. The van der Waals surface area contributed by atoms with Crippen LogP contribution in [0.5, 0.6) is 0 Å². The summed E-state index contributed by atoms with van der Waals surface area (Å²) in [5.41, 5.74) is 0. The lowest BCUT2D eigenvalue weighted by Crippen LogP contribution is -2.33. The first-order valence-corrected chi connectivity index (χ1v) is 9.38. The quantitative estimate of drug-likeness (QED) is 0.674. The summed E-state index contributed by atoms with van der Waals surface area (Å²) in [4.78, 5) is 0. The van der Waals surface area contributed by atoms with E-state index in [1.807, 2.05) is 43.3 Å². The van der Waals surface area contributed by atoms with Crippen molar-refractivity contribution in [3.63, 3.8) is 0 Å². The van der Waals surface area contributed by atoms with Crippen molar-refractivity contribution >= 4 is 46.2 Å². The standard InChI is InChI=1S/C15H16NPS2/c1-13(12-18)16-17(19,14-8-4-2-5-9-14)15-10-6-3-7-11-15/h2-13H,1H3,(H,16,19). The molecule has 0 saturated carbocycles. The van der Waals surface area contributed by atoms with Crippen molar-refractivity contribution in [1.29, 1.82) is 0 Å². The van der Waals surface area contributed by atoms with E-state index in [0.717, 1.165) is 0 Å². The van der Waals surface area contributed by atoms with Crippen molar-refractivity contribution in [2.24, 2.45) is 0 Å². The molecule has 2 aromatic rings. The van der Waals surface area contributed by atoms with Crippen molar-refractivity contribution < 1.29 is 0 Å². The number of benzene rings is 2. The Morgan fingerprint density at radius 2 is 1.37 bits per heavy atom. The second-order valence-electron chi connectivity index (χ2n) is 4.33. The Morgan fingerprint density at radius 1 is 0.947 bits per heavy atom. The van der Waals surface area contributed by atoms with Crippen LogP contribution in [0.15, 0.2) is 60.7 Å². The molecule has 98 valence electrons. The van der Waals surface area contributed by atoms with Crippen molar-refractivity contribution in [1.82, 2.24) is 5.09 Å². The molecule has 0 spiro atoms. The van der Waals surface area contributed by atoms with E-state index in [4.69, 9.17) is 24.0 Å². The molecule has 1 atom stereocenters. The van der Waals surface area contributed by atoms with Gasteiger partial charge in [0.2, 0.25) is 0 Å². The fourth-order valence-corrected chi connectivity index (χ4v) is 5.72. The summed E-state index contributed by atoms with van der Waals surface area (Å²) >= 11 is 11.0. The average Bonchev–Trinajstić information content (AvgIpc) is 2.48. The zero-order chi connectivity index (χ0) is 13.7. The van der Waals surface area contributed by atoms with E-state index >= 15 is 0 Å². The first-order valence-electron chi connectivity index (χ1n) is 6.11. The molecule has 19 heavy (non-hydrogen) atoms. The number of nitrogens with one attached hydrogen (secondary N) is 1. The highest BCUT2D eigenvalue weighted by molar-refractivity contribution is 8.21. The van der Waals surface area contributed by atoms with Gasteiger partial charge in [0.05, 0.1) is 6.19 Å². The van der Waals surface area contributed by atoms with Gasteiger partial charge in [-0.25, -0.2) is 0 Å². The maximum absolute atomic E-state index is 6.01. The highest BCUT2D eigenvalue weighted by Gasteiger charge is 2.22. The summed E-state index contributed by atoms with van der Waals surface area (Å²) in [6.45, 7) is 2.04. The summed E-state index contributed by atoms with van der Waals surface area (Å²) in [5.74, 6) is 0. The molecule has 0 saturated heterocycles. The van der Waals surface area contributed by atoms with Crippen LogP contribution in [0.4, 0.5) is 0 Å². The van der Waals surface area contributed by atoms with Gasteiger partial charge in [0, 0.05) is 16.7 Å². The smallest absolute Gasteiger partial charge is 0.0689 e. The Bertz CT molecular complexity index is 540. The third-order valence-corrected chi connectivity index (χ3v) is 7.64. The molecule has 0 aliphatic rings. The summed E-state index contributed by atoms with van der Waals surface area (Å²) in [5, 5.41) is 7.60. The second kappa shape index (κ2) is 6.53. The molecule has 0 aromatic heterocycles. The Morgan fingerprint density at radius 3 is 1.74 bits per heavy atom. The molecule has 0 aliphatic carbocycles. The van der Waals surface area contributed by atoms with Gasteiger partial charge in [-0.2, -0.15) is 0 Å². The summed E-state index contributed by atoms with van der Waals surface area (Å²) in [6.07, 6.45) is -2.01. The SMILES string of the molecule is CC(C=S)NP(=S)(c1ccccc1)c1ccccc1. The fourth-order valence-electron chi connectivity index (χ4n) is 1.89. The number of hydrogen-bond acceptors (Lipinski definition) is 2. The molecule has 4 heteroatoms. The lowest BCUT2D eigenvalue weighted by molar-refractivity contribution is 0.914. The monoisotopic (exact) mass is 305 g/mol. The minimum Gasteiger partial charge on any atom is -0.275 e. The van der Waals surface area contributed by atoms with E-state index in [1.54, 1.807) is 5.37 Å². The molecule has 0 amide bonds. The largest absolute Gasteiger partial charge is 0.275 e. The fraction of sp³-hybridized carbons (Fsp3) is 0.133. The molecular formula is C15H16NPS2. The van der Waals surface area contributed by atoms with Gasteiger partial charge in [-0.15, -0.1) is 0 Å². The van der Waals surface area contributed by atoms with Gasteiger partial charge < -0.3 is 0 Å². The summed E-state index contributed by atoms with van der Waals surface area (Å²) < 4.78 is 0. The predicted octanol–water partition coefficient (Wildman–Crippen LogP) is 3.01. The number of hydrogen-bond donors (Lipinski definition) is 1. The first kappa shape index (κ1) is 14.5. The molecule has 0 radical (unpaired) electrons.